The minimum absolute atomic E-state index is 0.0713. The highest BCUT2D eigenvalue weighted by molar-refractivity contribution is 7.11. The Balaban J connectivity index is 1.84. The zero-order valence-electron chi connectivity index (χ0n) is 14.0. The minimum atomic E-state index is -0.547. The minimum Gasteiger partial charge on any atom is -0.321 e. The maximum Gasteiger partial charge on any atom is 0.270 e. The zero-order valence-corrected chi connectivity index (χ0v) is 15.5. The van der Waals surface area contributed by atoms with Crippen LogP contribution in [0.1, 0.15) is 10.6 Å². The molecule has 136 valence electrons. The van der Waals surface area contributed by atoms with Gasteiger partial charge in [-0.25, -0.2) is 4.98 Å². The molecule has 0 bridgehead atoms. The van der Waals surface area contributed by atoms with Gasteiger partial charge in [0.1, 0.15) is 16.6 Å². The van der Waals surface area contributed by atoms with Gasteiger partial charge in [-0.15, -0.1) is 11.3 Å². The molecule has 0 fully saturated rings. The molecular formula is C19H9ClN4O3S. The molecule has 28 heavy (non-hydrogen) atoms. The van der Waals surface area contributed by atoms with Gasteiger partial charge in [-0.1, -0.05) is 23.7 Å². The van der Waals surface area contributed by atoms with Gasteiger partial charge in [0.25, 0.3) is 11.6 Å². The highest BCUT2D eigenvalue weighted by atomic mass is 35.5. The van der Waals surface area contributed by atoms with E-state index in [0.717, 1.165) is 5.56 Å². The van der Waals surface area contributed by atoms with Crippen LogP contribution in [0.25, 0.3) is 22.4 Å². The largest absolute Gasteiger partial charge is 0.321 e. The number of nitrogens with zero attached hydrogens (tertiary/aromatic N) is 3. The van der Waals surface area contributed by atoms with E-state index in [0.29, 0.717) is 27.0 Å². The van der Waals surface area contributed by atoms with Crippen LogP contribution < -0.4 is 5.32 Å². The molecule has 0 saturated carbocycles. The van der Waals surface area contributed by atoms with Crippen molar-refractivity contribution in [1.29, 1.82) is 5.26 Å². The van der Waals surface area contributed by atoms with Crippen molar-refractivity contribution < 1.29 is 9.72 Å². The molecule has 0 saturated heterocycles. The number of nitro groups is 1. The Labute approximate surface area is 167 Å². The summed E-state index contributed by atoms with van der Waals surface area (Å²) in [6.07, 6.45) is 0. The Morgan fingerprint density at radius 3 is 2.68 bits per heavy atom. The molecule has 1 amide bonds. The van der Waals surface area contributed by atoms with Crippen LogP contribution in [0.2, 0.25) is 5.02 Å². The van der Waals surface area contributed by atoms with Crippen LogP contribution in [-0.4, -0.2) is 15.8 Å². The molecule has 4 rings (SSSR count). The third-order valence-corrected chi connectivity index (χ3v) is 5.29. The number of anilines is 1. The van der Waals surface area contributed by atoms with E-state index in [-0.39, 0.29) is 16.8 Å². The van der Waals surface area contributed by atoms with Crippen molar-refractivity contribution in [2.75, 3.05) is 5.32 Å². The van der Waals surface area contributed by atoms with Gasteiger partial charge in [0, 0.05) is 39.3 Å². The van der Waals surface area contributed by atoms with Gasteiger partial charge in [0.05, 0.1) is 16.2 Å². The fourth-order valence-corrected chi connectivity index (χ4v) is 3.82. The van der Waals surface area contributed by atoms with Crippen molar-refractivity contribution in [3.05, 3.63) is 73.6 Å². The number of hydrogen-bond acceptors (Lipinski definition) is 6. The third kappa shape index (κ3) is 3.03. The molecule has 0 spiro atoms. The van der Waals surface area contributed by atoms with Crippen LogP contribution in [-0.2, 0) is 4.79 Å². The predicted molar refractivity (Wildman–Crippen MR) is 107 cm³/mol. The van der Waals surface area contributed by atoms with E-state index in [9.17, 15) is 20.2 Å². The number of nitrogens with one attached hydrogen (secondary N) is 1. The van der Waals surface area contributed by atoms with Crippen LogP contribution in [0.3, 0.4) is 0 Å². The Kier molecular flexibility index (Phi) is 4.39. The summed E-state index contributed by atoms with van der Waals surface area (Å²) in [6.45, 7) is 0. The summed E-state index contributed by atoms with van der Waals surface area (Å²) in [5, 5.41) is 26.2. The Hall–Kier alpha value is -3.54. The van der Waals surface area contributed by atoms with Gasteiger partial charge < -0.3 is 5.32 Å². The second-order valence-electron chi connectivity index (χ2n) is 5.85. The number of non-ortho nitro benzene ring substituents is 1. The lowest BCUT2D eigenvalue weighted by Crippen LogP contribution is -2.05. The van der Waals surface area contributed by atoms with Crippen molar-refractivity contribution in [3.63, 3.8) is 0 Å². The number of aromatic nitrogens is 1. The highest BCUT2D eigenvalue weighted by Crippen LogP contribution is 2.39. The topological polar surface area (TPSA) is 109 Å². The van der Waals surface area contributed by atoms with Crippen LogP contribution in [0.15, 0.2) is 47.8 Å². The average molecular weight is 409 g/mol. The number of hydrogen-bond donors (Lipinski definition) is 1. The van der Waals surface area contributed by atoms with Gasteiger partial charge in [0.15, 0.2) is 0 Å². The monoisotopic (exact) mass is 408 g/mol. The maximum atomic E-state index is 12.5. The van der Waals surface area contributed by atoms with Gasteiger partial charge in [0.2, 0.25) is 0 Å². The van der Waals surface area contributed by atoms with E-state index in [4.69, 9.17) is 11.6 Å². The van der Waals surface area contributed by atoms with Crippen molar-refractivity contribution >= 4 is 51.4 Å². The maximum absolute atomic E-state index is 12.5. The van der Waals surface area contributed by atoms with Crippen molar-refractivity contribution in [3.8, 4) is 17.3 Å². The number of carbonyl (C=O) groups is 1. The molecule has 9 heteroatoms. The second-order valence-corrected chi connectivity index (χ2v) is 7.14. The highest BCUT2D eigenvalue weighted by Gasteiger charge is 2.31. The SMILES string of the molecule is N#C/C(=C1/C(=O)Nc2ccc([N+](=O)[O-])cc21)c1nc(-c2ccc(Cl)cc2)cs1. The van der Waals surface area contributed by atoms with Gasteiger partial charge in [-0.2, -0.15) is 5.26 Å². The van der Waals surface area contributed by atoms with Crippen molar-refractivity contribution in [1.82, 2.24) is 4.98 Å². The van der Waals surface area contributed by atoms with Gasteiger partial charge in [-0.05, 0) is 18.2 Å². The Morgan fingerprint density at radius 1 is 1.25 bits per heavy atom. The molecule has 3 aromatic rings. The lowest BCUT2D eigenvalue weighted by Gasteiger charge is -2.01. The standard InChI is InChI=1S/C19H9ClN4O3S/c20-11-3-1-10(2-4-11)16-9-28-19(23-16)14(8-21)17-13-7-12(24(26)27)5-6-15(13)22-18(17)25/h1-7,9H,(H,22,25)/b17-14-. The summed E-state index contributed by atoms with van der Waals surface area (Å²) in [5.74, 6) is -0.490. The van der Waals surface area contributed by atoms with Gasteiger partial charge in [-0.3, -0.25) is 14.9 Å². The van der Waals surface area contributed by atoms with E-state index in [1.54, 1.807) is 29.6 Å². The molecule has 0 unspecified atom stereocenters. The molecule has 1 aliphatic rings. The number of allylic oxidation sites excluding steroid dienone is 1. The number of amides is 1. The average Bonchev–Trinajstić information content (AvgIpc) is 3.28. The number of halogens is 1. The Morgan fingerprint density at radius 2 is 2.00 bits per heavy atom. The summed E-state index contributed by atoms with van der Waals surface area (Å²) in [5.41, 5.74) is 2.20. The first-order valence-electron chi connectivity index (χ1n) is 7.94. The van der Waals surface area contributed by atoms with Gasteiger partial charge >= 0.3 is 0 Å². The number of thiazole rings is 1. The molecular weight excluding hydrogens is 400 g/mol. The van der Waals surface area contributed by atoms with Crippen LogP contribution in [0, 0.1) is 21.4 Å². The number of benzene rings is 2. The van der Waals surface area contributed by atoms with Crippen molar-refractivity contribution in [2.45, 2.75) is 0 Å². The lowest BCUT2D eigenvalue weighted by molar-refractivity contribution is -0.384. The van der Waals surface area contributed by atoms with Crippen molar-refractivity contribution in [2.24, 2.45) is 0 Å². The summed E-state index contributed by atoms with van der Waals surface area (Å²) in [6, 6.07) is 13.2. The summed E-state index contributed by atoms with van der Waals surface area (Å²) in [7, 11) is 0. The fraction of sp³-hybridized carbons (Fsp3) is 0. The molecule has 7 nitrogen and oxygen atoms in total. The molecule has 1 aliphatic heterocycles. The quantitative estimate of drug-likeness (QED) is 0.291. The smallest absolute Gasteiger partial charge is 0.270 e. The van der Waals surface area contributed by atoms with Crippen LogP contribution in [0.4, 0.5) is 11.4 Å². The van der Waals surface area contributed by atoms with E-state index < -0.39 is 10.8 Å². The molecule has 1 N–H and O–H groups in total. The molecule has 0 atom stereocenters. The summed E-state index contributed by atoms with van der Waals surface area (Å²) in [4.78, 5) is 27.5. The first-order chi connectivity index (χ1) is 13.5. The van der Waals surface area contributed by atoms with Crippen LogP contribution in [0.5, 0.6) is 0 Å². The number of rotatable bonds is 3. The molecule has 2 aromatic carbocycles. The van der Waals surface area contributed by atoms with Crippen LogP contribution >= 0.6 is 22.9 Å². The van der Waals surface area contributed by atoms with E-state index in [1.807, 2.05) is 6.07 Å². The summed E-state index contributed by atoms with van der Waals surface area (Å²) >= 11 is 7.12. The predicted octanol–water partition coefficient (Wildman–Crippen LogP) is 4.76. The van der Waals surface area contributed by atoms with E-state index in [1.165, 1.54) is 29.5 Å². The third-order valence-electron chi connectivity index (χ3n) is 4.18. The number of fused-ring (bicyclic) bond motifs is 1. The lowest BCUT2D eigenvalue weighted by atomic mass is 10.0. The number of carbonyl (C=O) groups excluding carboxylic acids is 1. The van der Waals surface area contributed by atoms with E-state index >= 15 is 0 Å². The molecule has 2 heterocycles. The summed E-state index contributed by atoms with van der Waals surface area (Å²) < 4.78 is 0. The molecule has 0 radical (unpaired) electrons. The Bertz CT molecular complexity index is 1210. The zero-order chi connectivity index (χ0) is 19.8. The second kappa shape index (κ2) is 6.88. The number of nitro benzene ring substituents is 1. The molecule has 1 aromatic heterocycles. The first kappa shape index (κ1) is 17.9. The van der Waals surface area contributed by atoms with E-state index in [2.05, 4.69) is 10.3 Å². The first-order valence-corrected chi connectivity index (χ1v) is 9.20. The molecule has 0 aliphatic carbocycles. The normalized spacial score (nSPS) is 14.2. The fourth-order valence-electron chi connectivity index (χ4n) is 2.87. The number of nitriles is 1.